The molecule has 0 unspecified atom stereocenters. The highest BCUT2D eigenvalue weighted by molar-refractivity contribution is 7.99. The van der Waals surface area contributed by atoms with Gasteiger partial charge in [0.2, 0.25) is 5.91 Å². The molecule has 0 saturated carbocycles. The summed E-state index contributed by atoms with van der Waals surface area (Å²) in [5, 5.41) is 5.90. The van der Waals surface area contributed by atoms with Gasteiger partial charge in [0.15, 0.2) is 0 Å². The molecule has 140 valence electrons. The Balaban J connectivity index is 1.55. The molecule has 2 aliphatic rings. The van der Waals surface area contributed by atoms with E-state index in [1.807, 2.05) is 30.3 Å². The maximum absolute atomic E-state index is 12.8. The number of hydrogen-bond donors (Lipinski definition) is 2. The van der Waals surface area contributed by atoms with Crippen molar-refractivity contribution in [1.29, 1.82) is 0 Å². The van der Waals surface area contributed by atoms with Crippen molar-refractivity contribution in [3.63, 3.8) is 0 Å². The van der Waals surface area contributed by atoms with Crippen molar-refractivity contribution >= 4 is 40.6 Å². The zero-order valence-electron chi connectivity index (χ0n) is 14.9. The summed E-state index contributed by atoms with van der Waals surface area (Å²) in [4.78, 5) is 27.8. The summed E-state index contributed by atoms with van der Waals surface area (Å²) in [5.41, 5.74) is 3.00. The third-order valence-corrected chi connectivity index (χ3v) is 5.68. The van der Waals surface area contributed by atoms with Gasteiger partial charge in [-0.25, -0.2) is 0 Å². The minimum atomic E-state index is -0.193. The Morgan fingerprint density at radius 3 is 2.81 bits per heavy atom. The van der Waals surface area contributed by atoms with E-state index in [0.717, 1.165) is 35.1 Å². The molecule has 6 nitrogen and oxygen atoms in total. The van der Waals surface area contributed by atoms with Crippen LogP contribution in [-0.2, 0) is 9.53 Å². The summed E-state index contributed by atoms with van der Waals surface area (Å²) in [5.74, 6) is 0.538. The summed E-state index contributed by atoms with van der Waals surface area (Å²) in [6, 6.07) is 13.2. The van der Waals surface area contributed by atoms with Crippen molar-refractivity contribution in [3.8, 4) is 0 Å². The molecule has 1 fully saturated rings. The van der Waals surface area contributed by atoms with Gasteiger partial charge in [0.25, 0.3) is 5.91 Å². The monoisotopic (exact) mass is 383 g/mol. The lowest BCUT2D eigenvalue weighted by Crippen LogP contribution is -2.36. The molecule has 0 radical (unpaired) electrons. The van der Waals surface area contributed by atoms with E-state index in [2.05, 4.69) is 15.5 Å². The Hall–Kier alpha value is -2.51. The lowest BCUT2D eigenvalue weighted by molar-refractivity contribution is -0.115. The molecule has 7 heteroatoms. The fourth-order valence-electron chi connectivity index (χ4n) is 3.21. The molecule has 2 aliphatic heterocycles. The molecule has 2 aromatic carbocycles. The van der Waals surface area contributed by atoms with Crippen LogP contribution in [-0.4, -0.2) is 43.9 Å². The summed E-state index contributed by atoms with van der Waals surface area (Å²) in [6.45, 7) is 2.97. The van der Waals surface area contributed by atoms with Crippen LogP contribution in [0.25, 0.3) is 0 Å². The Morgan fingerprint density at radius 2 is 1.96 bits per heavy atom. The maximum Gasteiger partial charge on any atom is 0.255 e. The van der Waals surface area contributed by atoms with Crippen LogP contribution in [0.1, 0.15) is 16.8 Å². The molecule has 0 bridgehead atoms. The molecule has 2 amide bonds. The number of para-hydroxylation sites is 2. The van der Waals surface area contributed by atoms with E-state index in [4.69, 9.17) is 4.74 Å². The predicted octanol–water partition coefficient (Wildman–Crippen LogP) is 3.21. The molecule has 1 saturated heterocycles. The van der Waals surface area contributed by atoms with Crippen molar-refractivity contribution in [2.45, 2.75) is 11.3 Å². The minimum Gasteiger partial charge on any atom is -0.378 e. The van der Waals surface area contributed by atoms with Crippen LogP contribution in [0.4, 0.5) is 17.1 Å². The Bertz CT molecular complexity index is 865. The number of rotatable bonds is 3. The first-order chi connectivity index (χ1) is 13.2. The summed E-state index contributed by atoms with van der Waals surface area (Å²) < 4.78 is 5.42. The highest BCUT2D eigenvalue weighted by Gasteiger charge is 2.18. The van der Waals surface area contributed by atoms with Gasteiger partial charge in [0.1, 0.15) is 0 Å². The number of benzene rings is 2. The van der Waals surface area contributed by atoms with Crippen LogP contribution in [0.15, 0.2) is 47.4 Å². The van der Waals surface area contributed by atoms with Gasteiger partial charge in [-0.2, -0.15) is 0 Å². The van der Waals surface area contributed by atoms with Crippen LogP contribution in [0.3, 0.4) is 0 Å². The van der Waals surface area contributed by atoms with Gasteiger partial charge in [0, 0.05) is 35.7 Å². The van der Waals surface area contributed by atoms with Crippen LogP contribution >= 0.6 is 11.8 Å². The zero-order chi connectivity index (χ0) is 18.6. The van der Waals surface area contributed by atoms with Crippen molar-refractivity contribution in [3.05, 3.63) is 48.0 Å². The molecule has 2 aromatic rings. The van der Waals surface area contributed by atoms with Crippen molar-refractivity contribution in [2.24, 2.45) is 0 Å². The standard InChI is InChI=1S/C20H21N3O3S/c24-19-7-12-27-18-6-5-14(13-16(18)21-19)20(25)22-15-3-1-2-4-17(15)23-8-10-26-11-9-23/h1-6,13H,7-12H2,(H,21,24)(H,22,25). The van der Waals surface area contributed by atoms with E-state index in [9.17, 15) is 9.59 Å². The number of ether oxygens (including phenoxy) is 1. The summed E-state index contributed by atoms with van der Waals surface area (Å²) in [7, 11) is 0. The van der Waals surface area contributed by atoms with Gasteiger partial charge in [-0.15, -0.1) is 11.8 Å². The second-order valence-electron chi connectivity index (χ2n) is 6.43. The highest BCUT2D eigenvalue weighted by atomic mass is 32.2. The fraction of sp³-hybridized carbons (Fsp3) is 0.300. The lowest BCUT2D eigenvalue weighted by atomic mass is 10.1. The molecule has 27 heavy (non-hydrogen) atoms. The molecular formula is C20H21N3O3S. The topological polar surface area (TPSA) is 70.7 Å². The molecule has 2 heterocycles. The summed E-state index contributed by atoms with van der Waals surface area (Å²) in [6.07, 6.45) is 0.480. The SMILES string of the molecule is O=C1CCSc2ccc(C(=O)Nc3ccccc3N3CCOCC3)cc2N1. The average molecular weight is 383 g/mol. The van der Waals surface area contributed by atoms with E-state index in [1.54, 1.807) is 23.9 Å². The normalized spacial score (nSPS) is 16.9. The van der Waals surface area contributed by atoms with Gasteiger partial charge in [0.05, 0.1) is 30.3 Å². The van der Waals surface area contributed by atoms with Crippen molar-refractivity contribution < 1.29 is 14.3 Å². The van der Waals surface area contributed by atoms with E-state index in [-0.39, 0.29) is 11.8 Å². The molecule has 0 aliphatic carbocycles. The van der Waals surface area contributed by atoms with Gasteiger partial charge in [-0.1, -0.05) is 12.1 Å². The van der Waals surface area contributed by atoms with E-state index in [0.29, 0.717) is 30.9 Å². The number of nitrogens with one attached hydrogen (secondary N) is 2. The van der Waals surface area contributed by atoms with E-state index in [1.165, 1.54) is 0 Å². The molecular weight excluding hydrogens is 362 g/mol. The minimum absolute atomic E-state index is 0.0172. The summed E-state index contributed by atoms with van der Waals surface area (Å²) >= 11 is 1.63. The number of morpholine rings is 1. The van der Waals surface area contributed by atoms with Crippen LogP contribution in [0.5, 0.6) is 0 Å². The van der Waals surface area contributed by atoms with Crippen LogP contribution in [0.2, 0.25) is 0 Å². The van der Waals surface area contributed by atoms with Gasteiger partial charge < -0.3 is 20.3 Å². The second kappa shape index (κ2) is 8.02. The maximum atomic E-state index is 12.8. The number of amides is 2. The third-order valence-electron chi connectivity index (χ3n) is 4.61. The van der Waals surface area contributed by atoms with Crippen LogP contribution in [0, 0.1) is 0 Å². The molecule has 2 N–H and O–H groups in total. The third kappa shape index (κ3) is 4.09. The van der Waals surface area contributed by atoms with Crippen molar-refractivity contribution in [2.75, 3.05) is 47.6 Å². The van der Waals surface area contributed by atoms with Gasteiger partial charge in [-0.05, 0) is 30.3 Å². The van der Waals surface area contributed by atoms with E-state index < -0.39 is 0 Å². The van der Waals surface area contributed by atoms with Crippen molar-refractivity contribution in [1.82, 2.24) is 0 Å². The molecule has 0 atom stereocenters. The predicted molar refractivity (Wildman–Crippen MR) is 108 cm³/mol. The lowest BCUT2D eigenvalue weighted by Gasteiger charge is -2.30. The number of carbonyl (C=O) groups is 2. The number of hydrogen-bond acceptors (Lipinski definition) is 5. The number of fused-ring (bicyclic) bond motifs is 1. The van der Waals surface area contributed by atoms with Crippen LogP contribution < -0.4 is 15.5 Å². The number of anilines is 3. The smallest absolute Gasteiger partial charge is 0.255 e. The molecule has 4 rings (SSSR count). The number of nitrogens with zero attached hydrogens (tertiary/aromatic N) is 1. The Labute approximate surface area is 162 Å². The first kappa shape index (κ1) is 17.9. The average Bonchev–Trinajstić information content (AvgIpc) is 2.89. The largest absolute Gasteiger partial charge is 0.378 e. The molecule has 0 aromatic heterocycles. The number of carbonyl (C=O) groups excluding carboxylic acids is 2. The van der Waals surface area contributed by atoms with E-state index >= 15 is 0 Å². The quantitative estimate of drug-likeness (QED) is 0.852. The van der Waals surface area contributed by atoms with Gasteiger partial charge >= 0.3 is 0 Å². The second-order valence-corrected chi connectivity index (χ2v) is 7.57. The molecule has 0 spiro atoms. The zero-order valence-corrected chi connectivity index (χ0v) is 15.7. The Morgan fingerprint density at radius 1 is 1.15 bits per heavy atom. The first-order valence-corrected chi connectivity index (χ1v) is 9.99. The highest BCUT2D eigenvalue weighted by Crippen LogP contribution is 2.32. The number of thioether (sulfide) groups is 1. The Kier molecular flexibility index (Phi) is 5.31. The van der Waals surface area contributed by atoms with Gasteiger partial charge in [-0.3, -0.25) is 9.59 Å². The fourth-order valence-corrected chi connectivity index (χ4v) is 4.15. The first-order valence-electron chi connectivity index (χ1n) is 9.00.